The number of para-hydroxylation sites is 1. The van der Waals surface area contributed by atoms with Crippen molar-refractivity contribution in [1.29, 1.82) is 0 Å². The molecule has 1 aromatic heterocycles. The van der Waals surface area contributed by atoms with E-state index in [2.05, 4.69) is 15.5 Å². The highest BCUT2D eigenvalue weighted by Crippen LogP contribution is 2.23. The molecule has 8 nitrogen and oxygen atoms in total. The molecular weight excluding hydrogens is 434 g/mol. The third kappa shape index (κ3) is 5.33. The van der Waals surface area contributed by atoms with Crippen molar-refractivity contribution >= 4 is 33.4 Å². The van der Waals surface area contributed by atoms with E-state index in [1.807, 2.05) is 41.8 Å². The van der Waals surface area contributed by atoms with Gasteiger partial charge in [0.25, 0.3) is 0 Å². The van der Waals surface area contributed by atoms with Crippen molar-refractivity contribution in [3.63, 3.8) is 0 Å². The highest BCUT2D eigenvalue weighted by atomic mass is 32.2. The van der Waals surface area contributed by atoms with Crippen LogP contribution in [-0.2, 0) is 14.8 Å². The Kier molecular flexibility index (Phi) is 7.47. The van der Waals surface area contributed by atoms with Gasteiger partial charge in [-0.2, -0.15) is 4.31 Å². The number of aromatic nitrogens is 3. The zero-order chi connectivity index (χ0) is 22.4. The fraction of sp³-hybridized carbons (Fsp3) is 0.286. The lowest BCUT2D eigenvalue weighted by molar-refractivity contribution is -0.113. The molecule has 0 spiro atoms. The number of hydrogen-bond donors (Lipinski definition) is 1. The van der Waals surface area contributed by atoms with Gasteiger partial charge in [0.2, 0.25) is 15.9 Å². The summed E-state index contributed by atoms with van der Waals surface area (Å²) in [5.74, 6) is 0.573. The number of hydrogen-bond acceptors (Lipinski definition) is 6. The third-order valence-corrected chi connectivity index (χ3v) is 7.58. The van der Waals surface area contributed by atoms with Crippen LogP contribution in [0.15, 0.2) is 64.6 Å². The van der Waals surface area contributed by atoms with Crippen molar-refractivity contribution in [2.75, 3.05) is 24.2 Å². The molecule has 0 radical (unpaired) electrons. The van der Waals surface area contributed by atoms with E-state index in [1.54, 1.807) is 26.0 Å². The number of aryl methyl sites for hydroxylation is 1. The predicted molar refractivity (Wildman–Crippen MR) is 122 cm³/mol. The number of carbonyl (C=O) groups is 1. The van der Waals surface area contributed by atoms with Crippen molar-refractivity contribution in [3.05, 3.63) is 60.4 Å². The second-order valence-corrected chi connectivity index (χ2v) is 9.54. The Morgan fingerprint density at radius 1 is 1.06 bits per heavy atom. The maximum absolute atomic E-state index is 12.7. The number of anilines is 1. The number of sulfonamides is 1. The Morgan fingerprint density at radius 2 is 1.77 bits per heavy atom. The van der Waals surface area contributed by atoms with Gasteiger partial charge >= 0.3 is 0 Å². The monoisotopic (exact) mass is 459 g/mol. The van der Waals surface area contributed by atoms with Crippen LogP contribution in [0.25, 0.3) is 5.69 Å². The molecule has 1 N–H and O–H groups in total. The molecule has 0 saturated heterocycles. The van der Waals surface area contributed by atoms with Gasteiger partial charge in [-0.15, -0.1) is 10.2 Å². The molecule has 0 aliphatic heterocycles. The third-order valence-electron chi connectivity index (χ3n) is 4.60. The average Bonchev–Trinajstić information content (AvgIpc) is 3.14. The zero-order valence-corrected chi connectivity index (χ0v) is 19.3. The van der Waals surface area contributed by atoms with E-state index in [-0.39, 0.29) is 16.6 Å². The zero-order valence-electron chi connectivity index (χ0n) is 17.6. The first-order chi connectivity index (χ1) is 14.9. The van der Waals surface area contributed by atoms with E-state index in [0.717, 1.165) is 11.5 Å². The molecule has 0 bridgehead atoms. The standard InChI is InChI=1S/C21H25N5O3S2/c1-4-25(5-2)31(28,29)19-13-9-10-17(14-19)22-20(27)15-30-21-24-23-16(3)26(21)18-11-7-6-8-12-18/h6-14H,4-5,15H2,1-3H3,(H,22,27). The molecule has 0 aliphatic rings. The number of thioether (sulfide) groups is 1. The molecule has 0 unspecified atom stereocenters. The summed E-state index contributed by atoms with van der Waals surface area (Å²) >= 11 is 1.26. The minimum Gasteiger partial charge on any atom is -0.325 e. The first kappa shape index (κ1) is 23.0. The molecular formula is C21H25N5O3S2. The summed E-state index contributed by atoms with van der Waals surface area (Å²) in [4.78, 5) is 12.7. The highest BCUT2D eigenvalue weighted by Gasteiger charge is 2.22. The van der Waals surface area contributed by atoms with Crippen molar-refractivity contribution < 1.29 is 13.2 Å². The summed E-state index contributed by atoms with van der Waals surface area (Å²) in [6, 6.07) is 16.0. The van der Waals surface area contributed by atoms with Crippen molar-refractivity contribution in [1.82, 2.24) is 19.1 Å². The van der Waals surface area contributed by atoms with Crippen LogP contribution in [0.1, 0.15) is 19.7 Å². The Labute approximate surface area is 186 Å². The maximum atomic E-state index is 12.7. The lowest BCUT2D eigenvalue weighted by Crippen LogP contribution is -2.30. The van der Waals surface area contributed by atoms with Crippen LogP contribution in [0.2, 0.25) is 0 Å². The van der Waals surface area contributed by atoms with Crippen molar-refractivity contribution in [3.8, 4) is 5.69 Å². The fourth-order valence-corrected chi connectivity index (χ4v) is 5.39. The van der Waals surface area contributed by atoms with E-state index in [1.165, 1.54) is 28.2 Å². The summed E-state index contributed by atoms with van der Waals surface area (Å²) in [6.45, 7) is 6.20. The van der Waals surface area contributed by atoms with Gasteiger partial charge in [0, 0.05) is 24.5 Å². The molecule has 31 heavy (non-hydrogen) atoms. The number of rotatable bonds is 9. The molecule has 3 rings (SSSR count). The van der Waals surface area contributed by atoms with Gasteiger partial charge in [-0.25, -0.2) is 8.42 Å². The van der Waals surface area contributed by atoms with Crippen LogP contribution in [-0.4, -0.2) is 52.2 Å². The van der Waals surface area contributed by atoms with Crippen LogP contribution in [0.3, 0.4) is 0 Å². The molecule has 0 aliphatic carbocycles. The smallest absolute Gasteiger partial charge is 0.243 e. The van der Waals surface area contributed by atoms with E-state index < -0.39 is 10.0 Å². The molecule has 2 aromatic carbocycles. The summed E-state index contributed by atoms with van der Waals surface area (Å²) < 4.78 is 28.7. The quantitative estimate of drug-likeness (QED) is 0.493. The van der Waals surface area contributed by atoms with Crippen molar-refractivity contribution in [2.24, 2.45) is 0 Å². The number of benzene rings is 2. The normalized spacial score (nSPS) is 11.6. The summed E-state index contributed by atoms with van der Waals surface area (Å²) in [5, 5.41) is 11.7. The average molecular weight is 460 g/mol. The van der Waals surface area contributed by atoms with Crippen LogP contribution in [0.4, 0.5) is 5.69 Å². The van der Waals surface area contributed by atoms with Gasteiger partial charge in [-0.05, 0) is 37.3 Å². The molecule has 1 amide bonds. The SMILES string of the molecule is CCN(CC)S(=O)(=O)c1cccc(NC(=O)CSc2nnc(C)n2-c2ccccc2)c1. The molecule has 1 heterocycles. The highest BCUT2D eigenvalue weighted by molar-refractivity contribution is 7.99. The lowest BCUT2D eigenvalue weighted by atomic mass is 10.3. The number of nitrogens with one attached hydrogen (secondary N) is 1. The van der Waals surface area contributed by atoms with Gasteiger partial charge in [0.1, 0.15) is 5.82 Å². The summed E-state index contributed by atoms with van der Waals surface area (Å²) in [5.41, 5.74) is 1.35. The van der Waals surface area contributed by atoms with Crippen LogP contribution >= 0.6 is 11.8 Å². The predicted octanol–water partition coefficient (Wildman–Crippen LogP) is 3.34. The molecule has 0 saturated carbocycles. The second-order valence-electron chi connectivity index (χ2n) is 6.65. The topological polar surface area (TPSA) is 97.2 Å². The fourth-order valence-electron chi connectivity index (χ4n) is 3.08. The van der Waals surface area contributed by atoms with E-state index in [4.69, 9.17) is 0 Å². The number of carbonyl (C=O) groups excluding carboxylic acids is 1. The van der Waals surface area contributed by atoms with Crippen molar-refractivity contribution in [2.45, 2.75) is 30.8 Å². The Bertz CT molecular complexity index is 1140. The van der Waals surface area contributed by atoms with Gasteiger partial charge in [-0.3, -0.25) is 9.36 Å². The molecule has 0 atom stereocenters. The van der Waals surface area contributed by atoms with E-state index >= 15 is 0 Å². The molecule has 10 heteroatoms. The number of amides is 1. The lowest BCUT2D eigenvalue weighted by Gasteiger charge is -2.18. The summed E-state index contributed by atoms with van der Waals surface area (Å²) in [7, 11) is -3.59. The van der Waals surface area contributed by atoms with Gasteiger partial charge < -0.3 is 5.32 Å². The van der Waals surface area contributed by atoms with Crippen LogP contribution in [0, 0.1) is 6.92 Å². The number of nitrogens with zero attached hydrogens (tertiary/aromatic N) is 4. The van der Waals surface area contributed by atoms with Gasteiger partial charge in [0.15, 0.2) is 5.16 Å². The van der Waals surface area contributed by atoms with Crippen LogP contribution in [0.5, 0.6) is 0 Å². The minimum atomic E-state index is -3.59. The van der Waals surface area contributed by atoms with Gasteiger partial charge in [0.05, 0.1) is 10.6 Å². The largest absolute Gasteiger partial charge is 0.325 e. The van der Waals surface area contributed by atoms with Crippen LogP contribution < -0.4 is 5.32 Å². The molecule has 3 aromatic rings. The van der Waals surface area contributed by atoms with Gasteiger partial charge in [-0.1, -0.05) is 49.9 Å². The first-order valence-electron chi connectivity index (χ1n) is 9.87. The van der Waals surface area contributed by atoms with E-state index in [0.29, 0.717) is 23.9 Å². The van der Waals surface area contributed by atoms with E-state index in [9.17, 15) is 13.2 Å². The Morgan fingerprint density at radius 3 is 2.45 bits per heavy atom. The Balaban J connectivity index is 1.69. The molecule has 0 fully saturated rings. The maximum Gasteiger partial charge on any atom is 0.243 e. The second kappa shape index (κ2) is 10.1. The minimum absolute atomic E-state index is 0.109. The Hall–Kier alpha value is -2.69. The molecule has 164 valence electrons. The summed E-state index contributed by atoms with van der Waals surface area (Å²) in [6.07, 6.45) is 0. The first-order valence-corrected chi connectivity index (χ1v) is 12.3.